The van der Waals surface area contributed by atoms with Crippen LogP contribution in [0, 0.1) is 19.3 Å². The average molecular weight is 445 g/mol. The molecule has 7 nitrogen and oxygen atoms in total. The van der Waals surface area contributed by atoms with Crippen molar-refractivity contribution in [3.05, 3.63) is 59.3 Å². The number of rotatable bonds is 5. The van der Waals surface area contributed by atoms with Gasteiger partial charge in [-0.1, -0.05) is 29.4 Å². The number of anilines is 1. The predicted octanol–water partition coefficient (Wildman–Crippen LogP) is 4.29. The second kappa shape index (κ2) is 8.02. The zero-order valence-corrected chi connectivity index (χ0v) is 18.4. The summed E-state index contributed by atoms with van der Waals surface area (Å²) in [6, 6.07) is 13.4. The number of thiazole rings is 1. The molecule has 4 aromatic rings. The number of benzene rings is 2. The van der Waals surface area contributed by atoms with Gasteiger partial charge in [0.05, 0.1) is 23.0 Å². The van der Waals surface area contributed by atoms with Gasteiger partial charge in [-0.05, 0) is 42.8 Å². The minimum atomic E-state index is -0.142. The number of fused-ring (bicyclic) bond motifs is 2. The lowest BCUT2D eigenvalue weighted by Crippen LogP contribution is -2.25. The Morgan fingerprint density at radius 2 is 2.16 bits per heavy atom. The van der Waals surface area contributed by atoms with E-state index < -0.39 is 0 Å². The second-order valence-electron chi connectivity index (χ2n) is 7.46. The van der Waals surface area contributed by atoms with Crippen LogP contribution in [0.5, 0.6) is 11.5 Å². The van der Waals surface area contributed by atoms with Crippen molar-refractivity contribution in [2.24, 2.45) is 0 Å². The maximum absolute atomic E-state index is 12.7. The van der Waals surface area contributed by atoms with Crippen molar-refractivity contribution in [3.63, 3.8) is 0 Å². The summed E-state index contributed by atoms with van der Waals surface area (Å²) in [5, 5.41) is 8.44. The number of methoxy groups -OCH3 is 1. The number of ether oxygens (including phenoxy) is 2. The minimum absolute atomic E-state index is 0.0682. The summed E-state index contributed by atoms with van der Waals surface area (Å²) in [6.45, 7) is 2.15. The third kappa shape index (κ3) is 3.47. The highest BCUT2D eigenvalue weighted by molar-refractivity contribution is 7.20. The van der Waals surface area contributed by atoms with Gasteiger partial charge < -0.3 is 14.8 Å². The average Bonchev–Trinajstić information content (AvgIpc) is 3.37. The van der Waals surface area contributed by atoms with Crippen molar-refractivity contribution in [2.75, 3.05) is 19.0 Å². The van der Waals surface area contributed by atoms with Crippen LogP contribution in [0.2, 0.25) is 0 Å². The third-order valence-corrected chi connectivity index (χ3v) is 6.44. The van der Waals surface area contributed by atoms with Crippen LogP contribution in [-0.2, 0) is 4.79 Å². The maximum Gasteiger partial charge on any atom is 0.226 e. The Kier molecular flexibility index (Phi) is 5.04. The first kappa shape index (κ1) is 20.1. The molecule has 1 aliphatic heterocycles. The van der Waals surface area contributed by atoms with Gasteiger partial charge in [0.2, 0.25) is 11.0 Å². The molecule has 3 heterocycles. The van der Waals surface area contributed by atoms with Gasteiger partial charge in [-0.2, -0.15) is 9.78 Å². The lowest BCUT2D eigenvalue weighted by Gasteiger charge is -2.24. The van der Waals surface area contributed by atoms with E-state index in [0.717, 1.165) is 32.8 Å². The molecular formula is C24H20N4O3S. The molecule has 0 saturated carbocycles. The quantitative estimate of drug-likeness (QED) is 0.465. The van der Waals surface area contributed by atoms with Gasteiger partial charge in [0.25, 0.3) is 0 Å². The van der Waals surface area contributed by atoms with Gasteiger partial charge in [0, 0.05) is 17.9 Å². The number of aromatic nitrogens is 3. The Bertz CT molecular complexity index is 1380. The van der Waals surface area contributed by atoms with Crippen molar-refractivity contribution >= 4 is 33.3 Å². The molecule has 2 aromatic heterocycles. The number of nitrogens with zero attached hydrogens (tertiary/aromatic N) is 3. The molecular weight excluding hydrogens is 424 g/mol. The van der Waals surface area contributed by atoms with Gasteiger partial charge in [-0.15, -0.1) is 6.42 Å². The number of carbonyl (C=O) groups excluding carboxylic acids is 1. The van der Waals surface area contributed by atoms with Crippen LogP contribution in [0.15, 0.2) is 42.5 Å². The summed E-state index contributed by atoms with van der Waals surface area (Å²) >= 11 is 1.50. The number of amides is 1. The molecule has 0 fully saturated rings. The van der Waals surface area contributed by atoms with E-state index in [2.05, 4.69) is 11.2 Å². The summed E-state index contributed by atoms with van der Waals surface area (Å²) in [6.07, 6.45) is 5.64. The van der Waals surface area contributed by atoms with Crippen LogP contribution in [-0.4, -0.2) is 34.4 Å². The van der Waals surface area contributed by atoms with E-state index in [4.69, 9.17) is 26.0 Å². The molecule has 160 valence electrons. The van der Waals surface area contributed by atoms with E-state index in [9.17, 15) is 4.79 Å². The van der Waals surface area contributed by atoms with Crippen molar-refractivity contribution in [3.8, 4) is 29.0 Å². The van der Waals surface area contributed by atoms with Crippen molar-refractivity contribution < 1.29 is 14.3 Å². The molecule has 1 amide bonds. The monoisotopic (exact) mass is 444 g/mol. The van der Waals surface area contributed by atoms with Gasteiger partial charge >= 0.3 is 0 Å². The van der Waals surface area contributed by atoms with Crippen LogP contribution in [0.25, 0.3) is 15.3 Å². The largest absolute Gasteiger partial charge is 0.497 e. The fourth-order valence-electron chi connectivity index (χ4n) is 4.03. The Balaban J connectivity index is 1.59. The Morgan fingerprint density at radius 3 is 2.97 bits per heavy atom. The van der Waals surface area contributed by atoms with Gasteiger partial charge in [-0.3, -0.25) is 4.79 Å². The predicted molar refractivity (Wildman–Crippen MR) is 124 cm³/mol. The maximum atomic E-state index is 12.7. The second-order valence-corrected chi connectivity index (χ2v) is 8.47. The molecule has 8 heteroatoms. The van der Waals surface area contributed by atoms with Gasteiger partial charge in [0.15, 0.2) is 0 Å². The van der Waals surface area contributed by atoms with Crippen LogP contribution >= 0.6 is 11.3 Å². The summed E-state index contributed by atoms with van der Waals surface area (Å²) in [4.78, 5) is 17.4. The lowest BCUT2D eigenvalue weighted by molar-refractivity contribution is -0.116. The van der Waals surface area contributed by atoms with E-state index in [1.807, 2.05) is 49.4 Å². The molecule has 1 atom stereocenters. The zero-order valence-electron chi connectivity index (χ0n) is 17.6. The standard InChI is InChI=1S/C24H20N4O3S/c1-4-10-31-17-7-5-6-15(11-17)18-13-21(29)26-23-22(18)14(2)27-28(23)24-25-19-9-8-16(30-3)12-20(19)32-24/h1,5-9,11-12,18H,10,13H2,2-3H3,(H,26,29)/t18-/m1/s1. The van der Waals surface area contributed by atoms with Gasteiger partial charge in [0.1, 0.15) is 23.9 Å². The highest BCUT2D eigenvalue weighted by Crippen LogP contribution is 2.41. The Labute approximate surface area is 189 Å². The van der Waals surface area contributed by atoms with E-state index in [0.29, 0.717) is 23.1 Å². The fourth-order valence-corrected chi connectivity index (χ4v) is 4.98. The van der Waals surface area contributed by atoms with Crippen LogP contribution < -0.4 is 14.8 Å². The molecule has 1 N–H and O–H groups in total. The molecule has 0 unspecified atom stereocenters. The van der Waals surface area contributed by atoms with Crippen molar-refractivity contribution in [2.45, 2.75) is 19.3 Å². The number of hydrogen-bond acceptors (Lipinski definition) is 6. The molecule has 2 aromatic carbocycles. The van der Waals surface area contributed by atoms with E-state index in [1.165, 1.54) is 11.3 Å². The first-order chi connectivity index (χ1) is 15.6. The Hall–Kier alpha value is -3.83. The first-order valence-corrected chi connectivity index (χ1v) is 10.9. The van der Waals surface area contributed by atoms with Crippen molar-refractivity contribution in [1.82, 2.24) is 14.8 Å². The number of terminal acetylenes is 1. The SMILES string of the molecule is C#CCOc1cccc([C@H]2CC(=O)Nc3c2c(C)nn3-c2nc3ccc(OC)cc3s2)c1. The molecule has 0 bridgehead atoms. The molecule has 1 aliphatic rings. The van der Waals surface area contributed by atoms with Crippen LogP contribution in [0.1, 0.15) is 29.2 Å². The molecule has 0 saturated heterocycles. The number of nitrogens with one attached hydrogen (secondary N) is 1. The van der Waals surface area contributed by atoms with Gasteiger partial charge in [-0.25, -0.2) is 4.98 Å². The third-order valence-electron chi connectivity index (χ3n) is 5.45. The summed E-state index contributed by atoms with van der Waals surface area (Å²) in [5.74, 6) is 4.37. The number of carbonyl (C=O) groups is 1. The fraction of sp³-hybridized carbons (Fsp3) is 0.208. The summed E-state index contributed by atoms with van der Waals surface area (Å²) < 4.78 is 13.6. The van der Waals surface area contributed by atoms with E-state index >= 15 is 0 Å². The first-order valence-electron chi connectivity index (χ1n) is 10.1. The number of hydrogen-bond donors (Lipinski definition) is 1. The molecule has 0 aliphatic carbocycles. The zero-order chi connectivity index (χ0) is 22.2. The molecule has 32 heavy (non-hydrogen) atoms. The van der Waals surface area contributed by atoms with E-state index in [-0.39, 0.29) is 18.4 Å². The number of aryl methyl sites for hydroxylation is 1. The van der Waals surface area contributed by atoms with E-state index in [1.54, 1.807) is 11.8 Å². The molecule has 0 spiro atoms. The highest BCUT2D eigenvalue weighted by atomic mass is 32.1. The van der Waals surface area contributed by atoms with Crippen LogP contribution in [0.3, 0.4) is 0 Å². The Morgan fingerprint density at radius 1 is 1.28 bits per heavy atom. The van der Waals surface area contributed by atoms with Crippen LogP contribution in [0.4, 0.5) is 5.82 Å². The smallest absolute Gasteiger partial charge is 0.226 e. The van der Waals surface area contributed by atoms with Crippen molar-refractivity contribution in [1.29, 1.82) is 0 Å². The summed E-state index contributed by atoms with van der Waals surface area (Å²) in [5.41, 5.74) is 3.66. The highest BCUT2D eigenvalue weighted by Gasteiger charge is 2.33. The topological polar surface area (TPSA) is 78.3 Å². The summed E-state index contributed by atoms with van der Waals surface area (Å²) in [7, 11) is 1.64. The minimum Gasteiger partial charge on any atom is -0.497 e. The normalized spacial score (nSPS) is 15.2. The molecule has 0 radical (unpaired) electrons. The lowest BCUT2D eigenvalue weighted by atomic mass is 9.86. The molecule has 5 rings (SSSR count).